The van der Waals surface area contributed by atoms with Crippen molar-refractivity contribution in [2.45, 2.75) is 6.54 Å². The van der Waals surface area contributed by atoms with Crippen molar-refractivity contribution < 1.29 is 0 Å². The van der Waals surface area contributed by atoms with Crippen LogP contribution in [0.15, 0.2) is 53.5 Å². The molecule has 2 aromatic rings. The Bertz CT molecular complexity index is 579. The summed E-state index contributed by atoms with van der Waals surface area (Å²) < 4.78 is 1.58. The number of rotatable bonds is 2. The number of nitrogens with zero attached hydrogens (tertiary/aromatic N) is 2. The summed E-state index contributed by atoms with van der Waals surface area (Å²) in [6, 6.07) is 14.7. The molecule has 2 rings (SSSR count). The maximum Gasteiger partial charge on any atom is 0.252 e. The molecule has 0 saturated carbocycles. The summed E-state index contributed by atoms with van der Waals surface area (Å²) in [5.74, 6) is 0. The van der Waals surface area contributed by atoms with E-state index in [4.69, 9.17) is 5.26 Å². The molecule has 0 fully saturated rings. The first-order chi connectivity index (χ1) is 7.79. The lowest BCUT2D eigenvalue weighted by Crippen LogP contribution is -2.19. The second-order valence-corrected chi connectivity index (χ2v) is 3.48. The van der Waals surface area contributed by atoms with Crippen molar-refractivity contribution in [3.8, 4) is 6.07 Å². The monoisotopic (exact) mass is 210 g/mol. The second kappa shape index (κ2) is 4.45. The number of pyridine rings is 1. The molecule has 0 bridgehead atoms. The third-order valence-electron chi connectivity index (χ3n) is 2.32. The van der Waals surface area contributed by atoms with Gasteiger partial charge in [0.15, 0.2) is 0 Å². The van der Waals surface area contributed by atoms with Crippen molar-refractivity contribution in [1.29, 1.82) is 5.26 Å². The van der Waals surface area contributed by atoms with Gasteiger partial charge >= 0.3 is 0 Å². The van der Waals surface area contributed by atoms with Crippen LogP contribution in [0.1, 0.15) is 11.1 Å². The Morgan fingerprint density at radius 2 is 1.94 bits per heavy atom. The van der Waals surface area contributed by atoms with Crippen LogP contribution in [0.4, 0.5) is 0 Å². The lowest BCUT2D eigenvalue weighted by molar-refractivity contribution is 0.758. The Morgan fingerprint density at radius 1 is 1.19 bits per heavy atom. The quantitative estimate of drug-likeness (QED) is 0.758. The smallest absolute Gasteiger partial charge is 0.252 e. The highest BCUT2D eigenvalue weighted by Gasteiger charge is 1.98. The van der Waals surface area contributed by atoms with E-state index < -0.39 is 0 Å². The van der Waals surface area contributed by atoms with Gasteiger partial charge < -0.3 is 4.57 Å². The van der Waals surface area contributed by atoms with E-state index in [1.807, 2.05) is 36.4 Å². The highest BCUT2D eigenvalue weighted by molar-refractivity contribution is 5.26. The first-order valence-corrected chi connectivity index (χ1v) is 4.94. The molecule has 1 aromatic heterocycles. The Morgan fingerprint density at radius 3 is 2.56 bits per heavy atom. The third-order valence-corrected chi connectivity index (χ3v) is 2.32. The molecule has 0 unspecified atom stereocenters. The molecule has 16 heavy (non-hydrogen) atoms. The van der Waals surface area contributed by atoms with Gasteiger partial charge in [-0.2, -0.15) is 5.26 Å². The predicted molar refractivity (Wildman–Crippen MR) is 61.0 cm³/mol. The first kappa shape index (κ1) is 10.2. The minimum Gasteiger partial charge on any atom is -0.311 e. The van der Waals surface area contributed by atoms with Gasteiger partial charge in [0, 0.05) is 12.3 Å². The molecule has 1 aromatic carbocycles. The maximum absolute atomic E-state index is 11.6. The van der Waals surface area contributed by atoms with E-state index in [1.165, 1.54) is 6.07 Å². The van der Waals surface area contributed by atoms with Crippen LogP contribution in [0, 0.1) is 11.3 Å². The number of hydrogen-bond acceptors (Lipinski definition) is 2. The van der Waals surface area contributed by atoms with E-state index in [9.17, 15) is 4.79 Å². The lowest BCUT2D eigenvalue weighted by Gasteiger charge is -2.04. The normalized spacial score (nSPS) is 9.69. The van der Waals surface area contributed by atoms with Gasteiger partial charge in [-0.25, -0.2) is 0 Å². The minimum atomic E-state index is -0.150. The van der Waals surface area contributed by atoms with Crippen molar-refractivity contribution in [3.63, 3.8) is 0 Å². The number of nitriles is 1. The van der Waals surface area contributed by atoms with Crippen LogP contribution in [0.25, 0.3) is 0 Å². The molecule has 0 radical (unpaired) electrons. The van der Waals surface area contributed by atoms with E-state index >= 15 is 0 Å². The van der Waals surface area contributed by atoms with Crippen LogP contribution >= 0.6 is 0 Å². The maximum atomic E-state index is 11.6. The summed E-state index contributed by atoms with van der Waals surface area (Å²) in [6.45, 7) is 0.533. The molecule has 78 valence electrons. The molecule has 1 heterocycles. The molecule has 0 aliphatic heterocycles. The molecular formula is C13H10N2O. The molecule has 0 N–H and O–H groups in total. The van der Waals surface area contributed by atoms with Gasteiger partial charge in [0.25, 0.3) is 5.56 Å². The van der Waals surface area contributed by atoms with E-state index in [0.717, 1.165) is 5.56 Å². The van der Waals surface area contributed by atoms with Crippen molar-refractivity contribution in [2.75, 3.05) is 0 Å². The summed E-state index contributed by atoms with van der Waals surface area (Å²) in [4.78, 5) is 11.6. The summed E-state index contributed by atoms with van der Waals surface area (Å²) in [7, 11) is 0. The third kappa shape index (κ3) is 2.18. The summed E-state index contributed by atoms with van der Waals surface area (Å²) >= 11 is 0. The van der Waals surface area contributed by atoms with Crippen molar-refractivity contribution in [3.05, 3.63) is 70.1 Å². The minimum absolute atomic E-state index is 0.150. The van der Waals surface area contributed by atoms with Crippen molar-refractivity contribution >= 4 is 0 Å². The zero-order chi connectivity index (χ0) is 11.4. The Hall–Kier alpha value is -2.34. The van der Waals surface area contributed by atoms with Gasteiger partial charge in [-0.15, -0.1) is 0 Å². The van der Waals surface area contributed by atoms with E-state index in [0.29, 0.717) is 12.1 Å². The van der Waals surface area contributed by atoms with Crippen LogP contribution in [0.5, 0.6) is 0 Å². The predicted octanol–water partition coefficient (Wildman–Crippen LogP) is 1.77. The van der Waals surface area contributed by atoms with Crippen LogP contribution in [0.2, 0.25) is 0 Å². The number of aromatic nitrogens is 1. The van der Waals surface area contributed by atoms with Crippen LogP contribution in [-0.2, 0) is 6.54 Å². The molecule has 3 nitrogen and oxygen atoms in total. The van der Waals surface area contributed by atoms with Gasteiger partial charge in [0.2, 0.25) is 0 Å². The summed E-state index contributed by atoms with van der Waals surface area (Å²) in [6.07, 6.45) is 1.65. The van der Waals surface area contributed by atoms with Gasteiger partial charge in [0.05, 0.1) is 18.2 Å². The average molecular weight is 210 g/mol. The molecule has 0 aliphatic carbocycles. The van der Waals surface area contributed by atoms with E-state index in [-0.39, 0.29) is 5.56 Å². The molecule has 0 aliphatic rings. The molecular weight excluding hydrogens is 200 g/mol. The highest BCUT2D eigenvalue weighted by Crippen LogP contribution is 2.01. The fourth-order valence-electron chi connectivity index (χ4n) is 1.49. The topological polar surface area (TPSA) is 45.8 Å². The zero-order valence-electron chi connectivity index (χ0n) is 8.63. The van der Waals surface area contributed by atoms with E-state index in [1.54, 1.807) is 16.8 Å². The molecule has 3 heteroatoms. The SMILES string of the molecule is N#Cc1ccn(Cc2ccccc2)c(=O)c1. The average Bonchev–Trinajstić information content (AvgIpc) is 2.33. The second-order valence-electron chi connectivity index (χ2n) is 3.48. The lowest BCUT2D eigenvalue weighted by atomic mass is 10.2. The number of benzene rings is 1. The van der Waals surface area contributed by atoms with Gasteiger partial charge in [0.1, 0.15) is 0 Å². The number of hydrogen-bond donors (Lipinski definition) is 0. The van der Waals surface area contributed by atoms with Gasteiger partial charge in [-0.3, -0.25) is 4.79 Å². The fraction of sp³-hybridized carbons (Fsp3) is 0.0769. The Kier molecular flexibility index (Phi) is 2.84. The molecule has 0 saturated heterocycles. The fourth-order valence-corrected chi connectivity index (χ4v) is 1.49. The van der Waals surface area contributed by atoms with Crippen LogP contribution < -0.4 is 5.56 Å². The standard InChI is InChI=1S/C13H10N2O/c14-9-12-6-7-15(13(16)8-12)10-11-4-2-1-3-5-11/h1-8H,10H2. The van der Waals surface area contributed by atoms with Gasteiger partial charge in [-0.1, -0.05) is 30.3 Å². The van der Waals surface area contributed by atoms with Crippen LogP contribution in [-0.4, -0.2) is 4.57 Å². The van der Waals surface area contributed by atoms with Gasteiger partial charge in [-0.05, 0) is 11.6 Å². The zero-order valence-corrected chi connectivity index (χ0v) is 8.63. The van der Waals surface area contributed by atoms with Crippen LogP contribution in [0.3, 0.4) is 0 Å². The highest BCUT2D eigenvalue weighted by atomic mass is 16.1. The van der Waals surface area contributed by atoms with Crippen molar-refractivity contribution in [1.82, 2.24) is 4.57 Å². The molecule has 0 spiro atoms. The largest absolute Gasteiger partial charge is 0.311 e. The summed E-state index contributed by atoms with van der Waals surface area (Å²) in [5.41, 5.74) is 1.31. The molecule has 0 atom stereocenters. The Labute approximate surface area is 93.2 Å². The first-order valence-electron chi connectivity index (χ1n) is 4.94. The van der Waals surface area contributed by atoms with E-state index in [2.05, 4.69) is 0 Å². The molecule has 0 amide bonds. The summed E-state index contributed by atoms with van der Waals surface area (Å²) in [5, 5.41) is 8.64. The Balaban J connectivity index is 2.30. The van der Waals surface area contributed by atoms with Crippen molar-refractivity contribution in [2.24, 2.45) is 0 Å².